The van der Waals surface area contributed by atoms with Crippen molar-refractivity contribution in [2.75, 3.05) is 13.3 Å². The quantitative estimate of drug-likeness (QED) is 0.830. The van der Waals surface area contributed by atoms with Gasteiger partial charge in [0, 0.05) is 5.02 Å². The van der Waals surface area contributed by atoms with Crippen LogP contribution in [0.4, 0.5) is 0 Å². The average molecular weight is 276 g/mol. The Labute approximate surface area is 106 Å². The molecule has 1 fully saturated rings. The van der Waals surface area contributed by atoms with E-state index in [2.05, 4.69) is 0 Å². The summed E-state index contributed by atoms with van der Waals surface area (Å²) >= 11 is 5.74. The Morgan fingerprint density at radius 1 is 1.29 bits per heavy atom. The maximum Gasteiger partial charge on any atom is 0.245 e. The number of hydrogen-bond acceptors (Lipinski definition) is 3. The second-order valence-corrected chi connectivity index (χ2v) is 6.90. The summed E-state index contributed by atoms with van der Waals surface area (Å²) in [5.41, 5.74) is -0.515. The van der Waals surface area contributed by atoms with Crippen LogP contribution in [0.2, 0.25) is 5.02 Å². The van der Waals surface area contributed by atoms with E-state index < -0.39 is 15.6 Å². The van der Waals surface area contributed by atoms with Crippen LogP contribution in [0.15, 0.2) is 29.2 Å². The molecule has 1 saturated heterocycles. The largest absolute Gasteiger partial charge is 0.363 e. The summed E-state index contributed by atoms with van der Waals surface area (Å²) in [6.07, 6.45) is 0. The van der Waals surface area contributed by atoms with Gasteiger partial charge in [-0.15, -0.1) is 0 Å². The molecule has 0 atom stereocenters. The molecule has 0 N–H and O–H groups in total. The molecule has 0 amide bonds. The molecule has 1 aromatic rings. The van der Waals surface area contributed by atoms with Crippen molar-refractivity contribution in [1.29, 1.82) is 0 Å². The SMILES string of the molecule is CC1(C)COCN1S(=O)(=O)c1ccc(Cl)cc1. The van der Waals surface area contributed by atoms with Gasteiger partial charge in [-0.05, 0) is 38.1 Å². The molecule has 0 spiro atoms. The lowest BCUT2D eigenvalue weighted by atomic mass is 10.1. The summed E-state index contributed by atoms with van der Waals surface area (Å²) in [7, 11) is -3.51. The van der Waals surface area contributed by atoms with Gasteiger partial charge in [-0.3, -0.25) is 0 Å². The fraction of sp³-hybridized carbons (Fsp3) is 0.455. The predicted octanol–water partition coefficient (Wildman–Crippen LogP) is 2.10. The van der Waals surface area contributed by atoms with Crippen LogP contribution >= 0.6 is 11.6 Å². The Balaban J connectivity index is 2.40. The Bertz CT molecular complexity index is 510. The minimum Gasteiger partial charge on any atom is -0.363 e. The fourth-order valence-corrected chi connectivity index (χ4v) is 3.53. The van der Waals surface area contributed by atoms with Crippen LogP contribution in [-0.4, -0.2) is 31.6 Å². The lowest BCUT2D eigenvalue weighted by Gasteiger charge is -2.28. The molecule has 17 heavy (non-hydrogen) atoms. The summed E-state index contributed by atoms with van der Waals surface area (Å²) in [4.78, 5) is 0.237. The maximum absolute atomic E-state index is 12.4. The number of hydrogen-bond donors (Lipinski definition) is 0. The van der Waals surface area contributed by atoms with E-state index in [0.717, 1.165) is 0 Å². The Morgan fingerprint density at radius 3 is 2.35 bits per heavy atom. The van der Waals surface area contributed by atoms with Gasteiger partial charge in [-0.25, -0.2) is 8.42 Å². The van der Waals surface area contributed by atoms with E-state index in [-0.39, 0.29) is 11.6 Å². The molecular formula is C11H14ClNO3S. The average Bonchev–Trinajstić information content (AvgIpc) is 2.59. The van der Waals surface area contributed by atoms with Gasteiger partial charge >= 0.3 is 0 Å². The lowest BCUT2D eigenvalue weighted by molar-refractivity contribution is 0.171. The molecule has 1 aliphatic heterocycles. The van der Waals surface area contributed by atoms with Crippen LogP contribution in [-0.2, 0) is 14.8 Å². The third kappa shape index (κ3) is 2.33. The number of ether oxygens (including phenoxy) is 1. The first-order valence-electron chi connectivity index (χ1n) is 5.20. The van der Waals surface area contributed by atoms with E-state index in [1.165, 1.54) is 16.4 Å². The zero-order valence-corrected chi connectivity index (χ0v) is 11.3. The van der Waals surface area contributed by atoms with Crippen LogP contribution in [0.1, 0.15) is 13.8 Å². The first-order chi connectivity index (χ1) is 7.84. The van der Waals surface area contributed by atoms with Crippen molar-refractivity contribution in [1.82, 2.24) is 4.31 Å². The van der Waals surface area contributed by atoms with Crippen molar-refractivity contribution in [2.24, 2.45) is 0 Å². The second kappa shape index (κ2) is 4.24. The highest BCUT2D eigenvalue weighted by atomic mass is 35.5. The van der Waals surface area contributed by atoms with Crippen LogP contribution < -0.4 is 0 Å². The van der Waals surface area contributed by atoms with Gasteiger partial charge < -0.3 is 4.74 Å². The summed E-state index contributed by atoms with van der Waals surface area (Å²) in [6, 6.07) is 6.15. The molecule has 6 heteroatoms. The van der Waals surface area contributed by atoms with Crippen molar-refractivity contribution < 1.29 is 13.2 Å². The topological polar surface area (TPSA) is 46.6 Å². The van der Waals surface area contributed by atoms with Gasteiger partial charge in [0.25, 0.3) is 0 Å². The second-order valence-electron chi connectivity index (χ2n) is 4.60. The van der Waals surface area contributed by atoms with Crippen LogP contribution in [0.25, 0.3) is 0 Å². The van der Waals surface area contributed by atoms with Gasteiger partial charge in [-0.2, -0.15) is 4.31 Å². The van der Waals surface area contributed by atoms with Crippen LogP contribution in [0.5, 0.6) is 0 Å². The van der Waals surface area contributed by atoms with Gasteiger partial charge in [0.2, 0.25) is 10.0 Å². The minimum atomic E-state index is -3.51. The summed E-state index contributed by atoms with van der Waals surface area (Å²) in [5, 5.41) is 0.515. The number of halogens is 1. The molecule has 0 aromatic heterocycles. The maximum atomic E-state index is 12.4. The highest BCUT2D eigenvalue weighted by Gasteiger charge is 2.41. The highest BCUT2D eigenvalue weighted by Crippen LogP contribution is 2.29. The third-order valence-corrected chi connectivity index (χ3v) is 5.04. The Morgan fingerprint density at radius 2 is 1.88 bits per heavy atom. The van der Waals surface area contributed by atoms with Crippen molar-refractivity contribution >= 4 is 21.6 Å². The number of benzene rings is 1. The number of sulfonamides is 1. The van der Waals surface area contributed by atoms with Gasteiger partial charge in [0.15, 0.2) is 0 Å². The number of rotatable bonds is 2. The van der Waals surface area contributed by atoms with E-state index in [1.54, 1.807) is 12.1 Å². The molecule has 0 saturated carbocycles. The summed E-state index contributed by atoms with van der Waals surface area (Å²) in [6.45, 7) is 4.18. The molecule has 0 bridgehead atoms. The fourth-order valence-electron chi connectivity index (χ4n) is 1.75. The zero-order chi connectivity index (χ0) is 12.7. The van der Waals surface area contributed by atoms with Crippen molar-refractivity contribution in [3.05, 3.63) is 29.3 Å². The van der Waals surface area contributed by atoms with E-state index >= 15 is 0 Å². The van der Waals surface area contributed by atoms with Gasteiger partial charge in [0.05, 0.1) is 17.0 Å². The molecule has 1 aromatic carbocycles. The monoisotopic (exact) mass is 275 g/mol. The van der Waals surface area contributed by atoms with Crippen molar-refractivity contribution in [2.45, 2.75) is 24.3 Å². The minimum absolute atomic E-state index is 0.0952. The molecule has 1 heterocycles. The molecule has 2 rings (SSSR count). The lowest BCUT2D eigenvalue weighted by Crippen LogP contribution is -2.44. The molecular weight excluding hydrogens is 262 g/mol. The summed E-state index contributed by atoms with van der Waals surface area (Å²) in [5.74, 6) is 0. The van der Waals surface area contributed by atoms with Crippen molar-refractivity contribution in [3.8, 4) is 0 Å². The Hall–Kier alpha value is -0.620. The standard InChI is InChI=1S/C11H14ClNO3S/c1-11(2)7-16-8-13(11)17(14,15)10-5-3-9(12)4-6-10/h3-6H,7-8H2,1-2H3. The van der Waals surface area contributed by atoms with E-state index in [4.69, 9.17) is 16.3 Å². The predicted molar refractivity (Wildman–Crippen MR) is 65.4 cm³/mol. The normalized spacial score (nSPS) is 20.6. The van der Waals surface area contributed by atoms with E-state index in [0.29, 0.717) is 11.6 Å². The van der Waals surface area contributed by atoms with E-state index in [1.807, 2.05) is 13.8 Å². The molecule has 0 unspecified atom stereocenters. The first kappa shape index (κ1) is 12.8. The third-order valence-electron chi connectivity index (χ3n) is 2.74. The molecule has 0 aliphatic carbocycles. The molecule has 1 aliphatic rings. The molecule has 4 nitrogen and oxygen atoms in total. The molecule has 0 radical (unpaired) electrons. The number of nitrogens with zero attached hydrogens (tertiary/aromatic N) is 1. The highest BCUT2D eigenvalue weighted by molar-refractivity contribution is 7.89. The van der Waals surface area contributed by atoms with E-state index in [9.17, 15) is 8.42 Å². The smallest absolute Gasteiger partial charge is 0.245 e. The Kier molecular flexibility index (Phi) is 3.20. The zero-order valence-electron chi connectivity index (χ0n) is 9.68. The van der Waals surface area contributed by atoms with Crippen LogP contribution in [0.3, 0.4) is 0 Å². The van der Waals surface area contributed by atoms with Crippen molar-refractivity contribution in [3.63, 3.8) is 0 Å². The van der Waals surface area contributed by atoms with Gasteiger partial charge in [-0.1, -0.05) is 11.6 Å². The first-order valence-corrected chi connectivity index (χ1v) is 7.02. The summed E-state index contributed by atoms with van der Waals surface area (Å²) < 4.78 is 31.3. The molecule has 94 valence electrons. The van der Waals surface area contributed by atoms with Crippen LogP contribution in [0, 0.1) is 0 Å². The van der Waals surface area contributed by atoms with Gasteiger partial charge in [0.1, 0.15) is 6.73 Å².